The fourth-order valence-electron chi connectivity index (χ4n) is 5.49. The van der Waals surface area contributed by atoms with Crippen molar-refractivity contribution >= 4 is 11.8 Å². The second-order valence-electron chi connectivity index (χ2n) is 12.3. The smallest absolute Gasteiger partial charge is 0.318 e. The normalized spacial score (nSPS) is 21.9. The molecule has 0 bridgehead atoms. The number of Topliss-reactive ketones (excluding diaryl/α,β-unsaturated/α-hetero) is 1. The van der Waals surface area contributed by atoms with E-state index in [0.717, 1.165) is 36.1 Å². The van der Waals surface area contributed by atoms with Gasteiger partial charge < -0.3 is 15.2 Å². The highest BCUT2D eigenvalue weighted by atomic mass is 16.5. The number of carbonyl (C=O) groups is 2. The number of ketones is 1. The minimum absolute atomic E-state index is 0.00879. The monoisotopic (exact) mass is 471 g/mol. The maximum absolute atomic E-state index is 13.1. The summed E-state index contributed by atoms with van der Waals surface area (Å²) < 4.78 is 12.7. The Morgan fingerprint density at radius 3 is 2.53 bits per heavy atom. The quantitative estimate of drug-likeness (QED) is 0.254. The third-order valence-electron chi connectivity index (χ3n) is 8.11. The number of hydrogen-bond donors (Lipinski definition) is 1. The average Bonchev–Trinajstić information content (AvgIpc) is 2.75. The van der Waals surface area contributed by atoms with Gasteiger partial charge in [0.15, 0.2) is 0 Å². The number of esters is 1. The first kappa shape index (κ1) is 26.7. The molecule has 34 heavy (non-hydrogen) atoms. The van der Waals surface area contributed by atoms with E-state index in [9.17, 15) is 9.59 Å². The van der Waals surface area contributed by atoms with Gasteiger partial charge in [0.05, 0.1) is 5.41 Å². The van der Waals surface area contributed by atoms with Crippen molar-refractivity contribution in [2.24, 2.45) is 17.1 Å². The highest BCUT2D eigenvalue weighted by Crippen LogP contribution is 2.55. The third-order valence-corrected chi connectivity index (χ3v) is 8.11. The second kappa shape index (κ2) is 10.0. The molecule has 1 heterocycles. The SMILES string of the molecule is CCCCCCC(C)(C)c1cc(OC(=O)C(C)(C)CN)c2c(c1)OC(C)(C)[C@@H]1CCC(=O)C[C@@H]21. The van der Waals surface area contributed by atoms with E-state index in [1.165, 1.54) is 19.3 Å². The molecule has 0 radical (unpaired) electrons. The molecule has 1 aliphatic heterocycles. The molecule has 2 N–H and O–H groups in total. The van der Waals surface area contributed by atoms with Crippen molar-refractivity contribution in [2.45, 2.75) is 117 Å². The van der Waals surface area contributed by atoms with Gasteiger partial charge >= 0.3 is 5.97 Å². The van der Waals surface area contributed by atoms with Crippen molar-refractivity contribution in [1.29, 1.82) is 0 Å². The fourth-order valence-corrected chi connectivity index (χ4v) is 5.49. The molecule has 0 aromatic heterocycles. The molecule has 0 spiro atoms. The van der Waals surface area contributed by atoms with Crippen molar-refractivity contribution < 1.29 is 19.1 Å². The Kier molecular flexibility index (Phi) is 7.86. The third kappa shape index (κ3) is 5.50. The van der Waals surface area contributed by atoms with Crippen LogP contribution in [-0.4, -0.2) is 23.9 Å². The highest BCUT2D eigenvalue weighted by Gasteiger charge is 2.48. The number of rotatable bonds is 9. The molecular weight excluding hydrogens is 426 g/mol. The summed E-state index contributed by atoms with van der Waals surface area (Å²) in [7, 11) is 0. The summed E-state index contributed by atoms with van der Waals surface area (Å²) in [5.41, 5.74) is 6.57. The summed E-state index contributed by atoms with van der Waals surface area (Å²) >= 11 is 0. The molecule has 2 atom stereocenters. The Hall–Kier alpha value is -1.88. The lowest BCUT2D eigenvalue weighted by atomic mass is 9.66. The van der Waals surface area contributed by atoms with E-state index >= 15 is 0 Å². The highest BCUT2D eigenvalue weighted by molar-refractivity contribution is 5.82. The molecule has 5 heteroatoms. The van der Waals surface area contributed by atoms with E-state index in [1.54, 1.807) is 13.8 Å². The van der Waals surface area contributed by atoms with Crippen molar-refractivity contribution in [2.75, 3.05) is 6.54 Å². The topological polar surface area (TPSA) is 78.6 Å². The van der Waals surface area contributed by atoms with Gasteiger partial charge in [-0.2, -0.15) is 0 Å². The van der Waals surface area contributed by atoms with E-state index in [4.69, 9.17) is 15.2 Å². The van der Waals surface area contributed by atoms with Gasteiger partial charge in [-0.25, -0.2) is 0 Å². The van der Waals surface area contributed by atoms with Crippen LogP contribution in [-0.2, 0) is 15.0 Å². The van der Waals surface area contributed by atoms with Crippen LogP contribution in [0.2, 0.25) is 0 Å². The number of benzene rings is 1. The van der Waals surface area contributed by atoms with E-state index in [-0.39, 0.29) is 41.1 Å². The molecule has 1 aliphatic carbocycles. The zero-order chi connectivity index (χ0) is 25.3. The lowest BCUT2D eigenvalue weighted by Crippen LogP contribution is -2.47. The van der Waals surface area contributed by atoms with Gasteiger partial charge in [-0.3, -0.25) is 9.59 Å². The molecule has 1 aromatic carbocycles. The predicted octanol–water partition coefficient (Wildman–Crippen LogP) is 6.45. The number of carbonyl (C=O) groups excluding carboxylic acids is 2. The number of ether oxygens (including phenoxy) is 2. The van der Waals surface area contributed by atoms with Gasteiger partial charge in [0.2, 0.25) is 0 Å². The van der Waals surface area contributed by atoms with Crippen LogP contribution >= 0.6 is 0 Å². The Bertz CT molecular complexity index is 915. The lowest BCUT2D eigenvalue weighted by molar-refractivity contribution is -0.143. The molecule has 0 saturated heterocycles. The second-order valence-corrected chi connectivity index (χ2v) is 12.3. The maximum Gasteiger partial charge on any atom is 0.318 e. The van der Waals surface area contributed by atoms with Crippen LogP contribution in [0.3, 0.4) is 0 Å². The van der Waals surface area contributed by atoms with Crippen LogP contribution in [0.5, 0.6) is 11.5 Å². The van der Waals surface area contributed by atoms with Gasteiger partial charge in [-0.1, -0.05) is 46.5 Å². The number of unbranched alkanes of at least 4 members (excludes halogenated alkanes) is 3. The summed E-state index contributed by atoms with van der Waals surface area (Å²) in [5.74, 6) is 1.41. The van der Waals surface area contributed by atoms with E-state index in [2.05, 4.69) is 40.7 Å². The molecule has 190 valence electrons. The summed E-state index contributed by atoms with van der Waals surface area (Å²) in [6.45, 7) is 14.8. The largest absolute Gasteiger partial charge is 0.487 e. The standard InChI is InChI=1S/C29H45NO4/c1-8-9-10-11-14-27(2,3)19-15-23(33-26(32)28(4,5)18-30)25-21-17-20(31)12-13-22(21)29(6,7)34-24(25)16-19/h15-16,21-22H,8-14,17-18,30H2,1-7H3/t21-,22-/m1/s1. The Balaban J connectivity index is 2.09. The first-order valence-corrected chi connectivity index (χ1v) is 13.1. The van der Waals surface area contributed by atoms with Gasteiger partial charge in [0.1, 0.15) is 22.9 Å². The number of hydrogen-bond acceptors (Lipinski definition) is 5. The van der Waals surface area contributed by atoms with Crippen LogP contribution in [0.15, 0.2) is 12.1 Å². The predicted molar refractivity (Wildman–Crippen MR) is 136 cm³/mol. The molecule has 1 fully saturated rings. The summed E-state index contributed by atoms with van der Waals surface area (Å²) in [5, 5.41) is 0. The summed E-state index contributed by atoms with van der Waals surface area (Å²) in [4.78, 5) is 25.6. The Labute approximate surface area is 206 Å². The molecule has 0 unspecified atom stereocenters. The van der Waals surface area contributed by atoms with Crippen molar-refractivity contribution in [3.63, 3.8) is 0 Å². The van der Waals surface area contributed by atoms with E-state index in [1.807, 2.05) is 6.07 Å². The van der Waals surface area contributed by atoms with Crippen molar-refractivity contribution in [1.82, 2.24) is 0 Å². The first-order chi connectivity index (χ1) is 15.8. The minimum Gasteiger partial charge on any atom is -0.487 e. The molecule has 2 aliphatic rings. The van der Waals surface area contributed by atoms with Crippen LogP contribution in [0.25, 0.3) is 0 Å². The Morgan fingerprint density at radius 2 is 1.88 bits per heavy atom. The zero-order valence-corrected chi connectivity index (χ0v) is 22.4. The van der Waals surface area contributed by atoms with E-state index in [0.29, 0.717) is 18.6 Å². The summed E-state index contributed by atoms with van der Waals surface area (Å²) in [6.07, 6.45) is 7.71. The first-order valence-electron chi connectivity index (χ1n) is 13.1. The van der Waals surface area contributed by atoms with Gasteiger partial charge in [-0.15, -0.1) is 0 Å². The van der Waals surface area contributed by atoms with Crippen LogP contribution in [0.4, 0.5) is 0 Å². The average molecular weight is 472 g/mol. The fraction of sp³-hybridized carbons (Fsp3) is 0.724. The van der Waals surface area contributed by atoms with Gasteiger partial charge in [-0.05, 0) is 63.6 Å². The number of fused-ring (bicyclic) bond motifs is 3. The molecule has 0 amide bonds. The summed E-state index contributed by atoms with van der Waals surface area (Å²) in [6, 6.07) is 4.17. The van der Waals surface area contributed by atoms with Crippen LogP contribution < -0.4 is 15.2 Å². The Morgan fingerprint density at radius 1 is 1.18 bits per heavy atom. The molecule has 1 saturated carbocycles. The molecule has 5 nitrogen and oxygen atoms in total. The van der Waals surface area contributed by atoms with Gasteiger partial charge in [0, 0.05) is 36.8 Å². The molecular formula is C29H45NO4. The minimum atomic E-state index is -0.796. The number of nitrogens with two attached hydrogens (primary N) is 1. The van der Waals surface area contributed by atoms with Crippen molar-refractivity contribution in [3.8, 4) is 11.5 Å². The maximum atomic E-state index is 13.1. The van der Waals surface area contributed by atoms with Crippen LogP contribution in [0, 0.1) is 11.3 Å². The van der Waals surface area contributed by atoms with Gasteiger partial charge in [0.25, 0.3) is 0 Å². The molecule has 3 rings (SSSR count). The van der Waals surface area contributed by atoms with Crippen LogP contribution in [0.1, 0.15) is 117 Å². The van der Waals surface area contributed by atoms with Crippen molar-refractivity contribution in [3.05, 3.63) is 23.3 Å². The van der Waals surface area contributed by atoms with E-state index < -0.39 is 5.41 Å². The molecule has 1 aromatic rings. The zero-order valence-electron chi connectivity index (χ0n) is 22.4. The lowest BCUT2D eigenvalue weighted by Gasteiger charge is -2.47.